The number of aromatic nitrogens is 2. The number of halogens is 1. The Morgan fingerprint density at radius 2 is 2.14 bits per heavy atom. The quantitative estimate of drug-likeness (QED) is 0.713. The lowest BCUT2D eigenvalue weighted by Crippen LogP contribution is -2.54. The monoisotopic (exact) mass is 304 g/mol. The topological polar surface area (TPSA) is 50.6 Å². The number of hydrogen-bond acceptors (Lipinski definition) is 5. The summed E-state index contributed by atoms with van der Waals surface area (Å²) >= 11 is 0. The zero-order chi connectivity index (χ0) is 15.4. The van der Waals surface area contributed by atoms with Crippen LogP contribution in [-0.4, -0.2) is 53.8 Å². The summed E-state index contributed by atoms with van der Waals surface area (Å²) in [7, 11) is 3.69. The van der Waals surface area contributed by atoms with Crippen LogP contribution in [0.3, 0.4) is 0 Å². The van der Waals surface area contributed by atoms with Crippen molar-refractivity contribution in [1.29, 1.82) is 0 Å². The molecular weight excluding hydrogens is 287 g/mol. The largest absolute Gasteiger partial charge is 0.487 e. The Morgan fingerprint density at radius 3 is 2.95 bits per heavy atom. The first-order valence-corrected chi connectivity index (χ1v) is 7.33. The lowest BCUT2D eigenvalue weighted by molar-refractivity contribution is 0.204. The van der Waals surface area contributed by atoms with E-state index in [1.165, 1.54) is 10.6 Å². The Labute approximate surface area is 126 Å². The molecule has 1 aromatic heterocycles. The van der Waals surface area contributed by atoms with Crippen LogP contribution in [0.15, 0.2) is 16.9 Å². The maximum absolute atomic E-state index is 14.2. The summed E-state index contributed by atoms with van der Waals surface area (Å²) in [6.07, 6.45) is 0. The van der Waals surface area contributed by atoms with Gasteiger partial charge in [-0.25, -0.2) is 9.18 Å². The molecule has 0 radical (unpaired) electrons. The highest BCUT2D eigenvalue weighted by molar-refractivity contribution is 5.96. The number of hydrogen-bond donors (Lipinski definition) is 0. The molecule has 0 saturated carbocycles. The van der Waals surface area contributed by atoms with Gasteiger partial charge in [0.15, 0.2) is 11.6 Å². The fourth-order valence-corrected chi connectivity index (χ4v) is 3.33. The summed E-state index contributed by atoms with van der Waals surface area (Å²) in [5.41, 5.74) is 0.311. The van der Waals surface area contributed by atoms with Crippen molar-refractivity contribution in [2.24, 2.45) is 7.05 Å². The molecule has 0 N–H and O–H groups in total. The molecule has 1 unspecified atom stereocenters. The van der Waals surface area contributed by atoms with Gasteiger partial charge in [0, 0.05) is 26.7 Å². The summed E-state index contributed by atoms with van der Waals surface area (Å²) in [5, 5.41) is 0.592. The van der Waals surface area contributed by atoms with Crippen molar-refractivity contribution in [1.82, 2.24) is 14.5 Å². The highest BCUT2D eigenvalue weighted by atomic mass is 19.1. The van der Waals surface area contributed by atoms with Gasteiger partial charge in [-0.1, -0.05) is 0 Å². The van der Waals surface area contributed by atoms with Crippen molar-refractivity contribution in [3.63, 3.8) is 0 Å². The van der Waals surface area contributed by atoms with Crippen LogP contribution < -0.4 is 15.3 Å². The standard InChI is InChI=1S/C15H17FN4O2/c1-18-5-6-20-9(7-18)8-22-13-10(16)3-4-11-12(13)14(20)17-15(21)19(11)2/h3-4,9H,5-8H2,1-2H3. The highest BCUT2D eigenvalue weighted by Gasteiger charge is 2.33. The van der Waals surface area contributed by atoms with E-state index in [1.807, 2.05) is 7.05 Å². The molecule has 116 valence electrons. The maximum Gasteiger partial charge on any atom is 0.349 e. The van der Waals surface area contributed by atoms with Crippen LogP contribution in [0.5, 0.6) is 5.75 Å². The molecule has 0 amide bonds. The Hall–Kier alpha value is -2.15. The van der Waals surface area contributed by atoms with E-state index in [2.05, 4.69) is 14.8 Å². The predicted octanol–water partition coefficient (Wildman–Crippen LogP) is 0.585. The molecule has 6 nitrogen and oxygen atoms in total. The van der Waals surface area contributed by atoms with E-state index in [1.54, 1.807) is 13.1 Å². The van der Waals surface area contributed by atoms with Gasteiger partial charge in [-0.05, 0) is 19.2 Å². The first kappa shape index (κ1) is 13.5. The number of nitrogens with zero attached hydrogens (tertiary/aromatic N) is 4. The molecule has 1 saturated heterocycles. The van der Waals surface area contributed by atoms with Gasteiger partial charge in [0.05, 0.1) is 16.9 Å². The SMILES string of the molecule is CN1CCN2c3nc(=O)n(C)c4ccc(F)c(c34)OCC2C1. The molecule has 2 aliphatic heterocycles. The Morgan fingerprint density at radius 1 is 1.32 bits per heavy atom. The zero-order valence-electron chi connectivity index (χ0n) is 12.5. The van der Waals surface area contributed by atoms with Crippen LogP contribution in [0.2, 0.25) is 0 Å². The van der Waals surface area contributed by atoms with Crippen LogP contribution in [0, 0.1) is 5.82 Å². The number of rotatable bonds is 0. The number of aryl methyl sites for hydroxylation is 1. The van der Waals surface area contributed by atoms with Gasteiger partial charge in [0.1, 0.15) is 12.4 Å². The average Bonchev–Trinajstić information content (AvgIpc) is 2.65. The van der Waals surface area contributed by atoms with Crippen molar-refractivity contribution in [3.8, 4) is 5.75 Å². The maximum atomic E-state index is 14.2. The van der Waals surface area contributed by atoms with Crippen molar-refractivity contribution < 1.29 is 9.13 Å². The Kier molecular flexibility index (Phi) is 2.87. The van der Waals surface area contributed by atoms with Crippen LogP contribution >= 0.6 is 0 Å². The highest BCUT2D eigenvalue weighted by Crippen LogP contribution is 2.37. The second kappa shape index (κ2) is 4.67. The predicted molar refractivity (Wildman–Crippen MR) is 81.1 cm³/mol. The minimum Gasteiger partial charge on any atom is -0.487 e. The average molecular weight is 304 g/mol. The Bertz CT molecular complexity index is 819. The molecule has 1 aromatic carbocycles. The second-order valence-electron chi connectivity index (χ2n) is 5.97. The van der Waals surface area contributed by atoms with Gasteiger partial charge in [0.25, 0.3) is 0 Å². The van der Waals surface area contributed by atoms with Crippen molar-refractivity contribution in [2.75, 3.05) is 38.2 Å². The third-order valence-corrected chi connectivity index (χ3v) is 4.54. The lowest BCUT2D eigenvalue weighted by Gasteiger charge is -2.39. The van der Waals surface area contributed by atoms with Crippen molar-refractivity contribution in [2.45, 2.75) is 6.04 Å². The molecule has 0 spiro atoms. The summed E-state index contributed by atoms with van der Waals surface area (Å²) in [6, 6.07) is 3.02. The first-order chi connectivity index (χ1) is 10.6. The minimum absolute atomic E-state index is 0.0633. The number of benzene rings is 1. The molecule has 2 aromatic rings. The minimum atomic E-state index is -0.414. The first-order valence-electron chi connectivity index (χ1n) is 7.33. The molecule has 3 heterocycles. The lowest BCUT2D eigenvalue weighted by atomic mass is 10.1. The van der Waals surface area contributed by atoms with Gasteiger partial charge < -0.3 is 14.5 Å². The number of likely N-dealkylation sites (N-methyl/N-ethyl adjacent to an activating group) is 1. The molecule has 2 aliphatic rings. The molecule has 1 atom stereocenters. The fraction of sp³-hybridized carbons (Fsp3) is 0.467. The smallest absolute Gasteiger partial charge is 0.349 e. The van der Waals surface area contributed by atoms with Crippen LogP contribution in [0.25, 0.3) is 10.9 Å². The van der Waals surface area contributed by atoms with Crippen molar-refractivity contribution in [3.05, 3.63) is 28.4 Å². The number of fused-ring (bicyclic) bond motifs is 2. The van der Waals surface area contributed by atoms with E-state index < -0.39 is 5.82 Å². The molecule has 0 bridgehead atoms. The van der Waals surface area contributed by atoms with E-state index in [-0.39, 0.29) is 17.5 Å². The third-order valence-electron chi connectivity index (χ3n) is 4.54. The van der Waals surface area contributed by atoms with Gasteiger partial charge in [-0.2, -0.15) is 4.98 Å². The normalized spacial score (nSPS) is 21.4. The number of anilines is 1. The zero-order valence-corrected chi connectivity index (χ0v) is 12.5. The van der Waals surface area contributed by atoms with Gasteiger partial charge in [0.2, 0.25) is 0 Å². The van der Waals surface area contributed by atoms with E-state index in [4.69, 9.17) is 4.74 Å². The van der Waals surface area contributed by atoms with Crippen LogP contribution in [0.1, 0.15) is 0 Å². The molecule has 1 fully saturated rings. The molecule has 0 aliphatic carbocycles. The van der Waals surface area contributed by atoms with E-state index in [9.17, 15) is 9.18 Å². The van der Waals surface area contributed by atoms with E-state index >= 15 is 0 Å². The summed E-state index contributed by atoms with van der Waals surface area (Å²) in [6.45, 7) is 2.80. The Balaban J connectivity index is 2.03. The molecule has 22 heavy (non-hydrogen) atoms. The van der Waals surface area contributed by atoms with Gasteiger partial charge >= 0.3 is 5.69 Å². The van der Waals surface area contributed by atoms with Gasteiger partial charge in [-0.3, -0.25) is 4.57 Å². The second-order valence-corrected chi connectivity index (χ2v) is 5.97. The number of ether oxygens (including phenoxy) is 1. The number of piperazine rings is 1. The third kappa shape index (κ3) is 1.81. The summed E-state index contributed by atoms with van der Waals surface area (Å²) < 4.78 is 21.4. The fourth-order valence-electron chi connectivity index (χ4n) is 3.33. The summed E-state index contributed by atoms with van der Waals surface area (Å²) in [5.74, 6) is 0.332. The van der Waals surface area contributed by atoms with E-state index in [0.717, 1.165) is 19.6 Å². The van der Waals surface area contributed by atoms with E-state index in [0.29, 0.717) is 23.3 Å². The molecule has 4 rings (SSSR count). The summed E-state index contributed by atoms with van der Waals surface area (Å²) in [4.78, 5) is 20.7. The molecular formula is C15H17FN4O2. The molecule has 7 heteroatoms. The van der Waals surface area contributed by atoms with Crippen molar-refractivity contribution >= 4 is 16.7 Å². The van der Waals surface area contributed by atoms with Crippen LogP contribution in [0.4, 0.5) is 10.2 Å². The van der Waals surface area contributed by atoms with Crippen LogP contribution in [-0.2, 0) is 7.05 Å². The van der Waals surface area contributed by atoms with Gasteiger partial charge in [-0.15, -0.1) is 0 Å².